The molecule has 1 aromatic carbocycles. The summed E-state index contributed by atoms with van der Waals surface area (Å²) in [6.07, 6.45) is 2.89. The minimum atomic E-state index is -0.438. The van der Waals surface area contributed by atoms with Crippen LogP contribution in [0.25, 0.3) is 0 Å². The van der Waals surface area contributed by atoms with Gasteiger partial charge in [-0.25, -0.2) is 5.43 Å². The van der Waals surface area contributed by atoms with Crippen molar-refractivity contribution in [3.8, 4) is 11.5 Å². The number of nitrogens with zero attached hydrogens (tertiary/aromatic N) is 1. The minimum Gasteiger partial charge on any atom is -0.493 e. The highest BCUT2D eigenvalue weighted by atomic mass is 16.6. The van der Waals surface area contributed by atoms with E-state index >= 15 is 0 Å². The molecule has 0 unspecified atom stereocenters. The third kappa shape index (κ3) is 4.19. The van der Waals surface area contributed by atoms with Crippen molar-refractivity contribution < 1.29 is 23.5 Å². The number of carbonyl (C=O) groups is 2. The number of hydrogen-bond donors (Lipinski definition) is 1. The summed E-state index contributed by atoms with van der Waals surface area (Å²) >= 11 is 0. The van der Waals surface area contributed by atoms with E-state index in [9.17, 15) is 9.59 Å². The zero-order valence-corrected chi connectivity index (χ0v) is 13.0. The highest BCUT2D eigenvalue weighted by molar-refractivity contribution is 5.95. The number of nitrogens with one attached hydrogen (secondary N) is 1. The molecule has 0 aliphatic carbocycles. The number of hydrogen-bond acceptors (Lipinski definition) is 6. The molecule has 1 amide bonds. The monoisotopic (exact) mass is 316 g/mol. The Hall–Kier alpha value is -3.09. The summed E-state index contributed by atoms with van der Waals surface area (Å²) in [5.74, 6) is 0.421. The zero-order valence-electron chi connectivity index (χ0n) is 13.0. The molecule has 1 aromatic heterocycles. The third-order valence-corrected chi connectivity index (χ3v) is 2.92. The maximum atomic E-state index is 11.8. The Kier molecular flexibility index (Phi) is 5.14. The molecule has 7 nitrogen and oxygen atoms in total. The molecule has 0 saturated carbocycles. The SMILES string of the molecule is COc1cc(/C=N/NC(=O)c2ccoc2C)ccc1OC(C)=O. The van der Waals surface area contributed by atoms with Gasteiger partial charge in [-0.2, -0.15) is 5.10 Å². The van der Waals surface area contributed by atoms with Gasteiger partial charge in [0.1, 0.15) is 5.76 Å². The molecule has 1 heterocycles. The smallest absolute Gasteiger partial charge is 0.308 e. The lowest BCUT2D eigenvalue weighted by molar-refractivity contribution is -0.132. The van der Waals surface area contributed by atoms with Crippen molar-refractivity contribution in [2.75, 3.05) is 7.11 Å². The van der Waals surface area contributed by atoms with E-state index in [2.05, 4.69) is 10.5 Å². The summed E-state index contributed by atoms with van der Waals surface area (Å²) < 4.78 is 15.2. The van der Waals surface area contributed by atoms with Crippen molar-refractivity contribution in [2.24, 2.45) is 5.10 Å². The van der Waals surface area contributed by atoms with Crippen molar-refractivity contribution in [2.45, 2.75) is 13.8 Å². The quantitative estimate of drug-likeness (QED) is 0.395. The maximum absolute atomic E-state index is 11.8. The van der Waals surface area contributed by atoms with Crippen LogP contribution in [0, 0.1) is 6.92 Å². The number of methoxy groups -OCH3 is 1. The van der Waals surface area contributed by atoms with Crippen LogP contribution in [-0.4, -0.2) is 25.2 Å². The minimum absolute atomic E-state index is 0.315. The third-order valence-electron chi connectivity index (χ3n) is 2.92. The van der Waals surface area contributed by atoms with Gasteiger partial charge < -0.3 is 13.9 Å². The van der Waals surface area contributed by atoms with E-state index in [1.165, 1.54) is 26.5 Å². The summed E-state index contributed by atoms with van der Waals surface area (Å²) in [5.41, 5.74) is 3.49. The summed E-state index contributed by atoms with van der Waals surface area (Å²) in [6.45, 7) is 3.00. The molecule has 120 valence electrons. The van der Waals surface area contributed by atoms with E-state index < -0.39 is 5.97 Å². The molecule has 0 aliphatic heterocycles. The van der Waals surface area contributed by atoms with Gasteiger partial charge in [-0.1, -0.05) is 0 Å². The van der Waals surface area contributed by atoms with Crippen LogP contribution in [0.2, 0.25) is 0 Å². The molecule has 0 bridgehead atoms. The van der Waals surface area contributed by atoms with Crippen LogP contribution < -0.4 is 14.9 Å². The fourth-order valence-electron chi connectivity index (χ4n) is 1.85. The van der Waals surface area contributed by atoms with E-state index in [4.69, 9.17) is 13.9 Å². The van der Waals surface area contributed by atoms with Crippen LogP contribution in [0.5, 0.6) is 11.5 Å². The van der Waals surface area contributed by atoms with Gasteiger partial charge in [0, 0.05) is 6.92 Å². The molecule has 0 aliphatic rings. The van der Waals surface area contributed by atoms with Gasteiger partial charge in [0.05, 0.1) is 25.2 Å². The Balaban J connectivity index is 2.06. The number of amides is 1. The standard InChI is InChI=1S/C16H16N2O5/c1-10-13(6-7-22-10)16(20)18-17-9-12-4-5-14(23-11(2)19)15(8-12)21-3/h4-9H,1-3H3,(H,18,20)/b17-9+. The first-order chi connectivity index (χ1) is 11.0. The lowest BCUT2D eigenvalue weighted by Gasteiger charge is -2.08. The van der Waals surface area contributed by atoms with Crippen LogP contribution in [0.15, 0.2) is 40.0 Å². The topological polar surface area (TPSA) is 90.1 Å². The summed E-state index contributed by atoms with van der Waals surface area (Å²) in [6, 6.07) is 6.47. The van der Waals surface area contributed by atoms with Gasteiger partial charge >= 0.3 is 5.97 Å². The number of carbonyl (C=O) groups excluding carboxylic acids is 2. The van der Waals surface area contributed by atoms with E-state index in [0.29, 0.717) is 28.4 Å². The van der Waals surface area contributed by atoms with Crippen LogP contribution in [0.4, 0.5) is 0 Å². The van der Waals surface area contributed by atoms with E-state index in [-0.39, 0.29) is 5.91 Å². The van der Waals surface area contributed by atoms with Crippen LogP contribution in [0.1, 0.15) is 28.6 Å². The number of ether oxygens (including phenoxy) is 2. The second kappa shape index (κ2) is 7.26. The number of furan rings is 1. The van der Waals surface area contributed by atoms with Crippen LogP contribution in [0.3, 0.4) is 0 Å². The molecular formula is C16H16N2O5. The van der Waals surface area contributed by atoms with Crippen molar-refractivity contribution in [1.29, 1.82) is 0 Å². The molecular weight excluding hydrogens is 300 g/mol. The van der Waals surface area contributed by atoms with Crippen LogP contribution in [-0.2, 0) is 4.79 Å². The van der Waals surface area contributed by atoms with Crippen molar-refractivity contribution in [3.05, 3.63) is 47.4 Å². The number of benzene rings is 1. The number of esters is 1. The molecule has 0 atom stereocenters. The largest absolute Gasteiger partial charge is 0.493 e. The van der Waals surface area contributed by atoms with E-state index in [0.717, 1.165) is 0 Å². The summed E-state index contributed by atoms with van der Waals surface area (Å²) in [5, 5.41) is 3.88. The molecule has 7 heteroatoms. The normalized spacial score (nSPS) is 10.6. The van der Waals surface area contributed by atoms with E-state index in [1.54, 1.807) is 31.2 Å². The van der Waals surface area contributed by atoms with Crippen molar-refractivity contribution >= 4 is 18.1 Å². The van der Waals surface area contributed by atoms with Gasteiger partial charge in [-0.15, -0.1) is 0 Å². The molecule has 0 spiro atoms. The summed E-state index contributed by atoms with van der Waals surface area (Å²) in [7, 11) is 1.46. The number of rotatable bonds is 5. The maximum Gasteiger partial charge on any atom is 0.308 e. The molecule has 2 aromatic rings. The average Bonchev–Trinajstić information content (AvgIpc) is 2.94. The molecule has 2 rings (SSSR count). The Morgan fingerprint density at radius 3 is 2.65 bits per heavy atom. The lowest BCUT2D eigenvalue weighted by atomic mass is 10.2. The van der Waals surface area contributed by atoms with Gasteiger partial charge in [0.2, 0.25) is 0 Å². The first-order valence-electron chi connectivity index (χ1n) is 6.75. The second-order valence-corrected chi connectivity index (χ2v) is 4.59. The van der Waals surface area contributed by atoms with Crippen molar-refractivity contribution in [3.63, 3.8) is 0 Å². The molecule has 0 radical (unpaired) electrons. The molecule has 1 N–H and O–H groups in total. The summed E-state index contributed by atoms with van der Waals surface area (Å²) in [4.78, 5) is 22.8. The second-order valence-electron chi connectivity index (χ2n) is 4.59. The van der Waals surface area contributed by atoms with Gasteiger partial charge in [0.15, 0.2) is 11.5 Å². The van der Waals surface area contributed by atoms with Gasteiger partial charge in [-0.3, -0.25) is 9.59 Å². The highest BCUT2D eigenvalue weighted by Gasteiger charge is 2.10. The molecule has 0 fully saturated rings. The fraction of sp³-hybridized carbons (Fsp3) is 0.188. The number of aryl methyl sites for hydroxylation is 1. The first-order valence-corrected chi connectivity index (χ1v) is 6.75. The molecule has 23 heavy (non-hydrogen) atoms. The molecule has 0 saturated heterocycles. The lowest BCUT2D eigenvalue weighted by Crippen LogP contribution is -2.17. The zero-order chi connectivity index (χ0) is 16.8. The average molecular weight is 316 g/mol. The van der Waals surface area contributed by atoms with Gasteiger partial charge in [-0.05, 0) is 36.8 Å². The predicted molar refractivity (Wildman–Crippen MR) is 82.8 cm³/mol. The fourth-order valence-corrected chi connectivity index (χ4v) is 1.85. The Morgan fingerprint density at radius 2 is 2.04 bits per heavy atom. The van der Waals surface area contributed by atoms with Crippen molar-refractivity contribution in [1.82, 2.24) is 5.43 Å². The van der Waals surface area contributed by atoms with Gasteiger partial charge in [0.25, 0.3) is 5.91 Å². The van der Waals surface area contributed by atoms with E-state index in [1.807, 2.05) is 0 Å². The Labute approximate surface area is 132 Å². The highest BCUT2D eigenvalue weighted by Crippen LogP contribution is 2.27. The predicted octanol–water partition coefficient (Wildman–Crippen LogP) is 2.29. The number of hydrazone groups is 1. The van der Waals surface area contributed by atoms with Crippen LogP contribution >= 0.6 is 0 Å². The Morgan fingerprint density at radius 1 is 1.26 bits per heavy atom. The first kappa shape index (κ1) is 16.3. The Bertz CT molecular complexity index is 749.